The Hall–Kier alpha value is -1.68. The van der Waals surface area contributed by atoms with Crippen LogP contribution < -0.4 is 0 Å². The maximum Gasteiger partial charge on any atom is 0.329 e. The van der Waals surface area contributed by atoms with E-state index in [1.165, 1.54) is 0 Å². The van der Waals surface area contributed by atoms with Crippen LogP contribution in [0.1, 0.15) is 27.2 Å². The standard InChI is InChI=1S/C9H13NO5/c1-9(2,3)15-7(12)4-6(8(13)14)10-5-11/h6H,4H2,1-3H3,(H,13,14)/t6-/m0/s1. The molecule has 15 heavy (non-hydrogen) atoms. The van der Waals surface area contributed by atoms with E-state index in [0.29, 0.717) is 0 Å². The van der Waals surface area contributed by atoms with E-state index >= 15 is 0 Å². The molecule has 0 aliphatic carbocycles. The maximum absolute atomic E-state index is 11.2. The molecule has 6 nitrogen and oxygen atoms in total. The minimum absolute atomic E-state index is 0.470. The third-order valence-electron chi connectivity index (χ3n) is 1.27. The van der Waals surface area contributed by atoms with Crippen molar-refractivity contribution in [2.24, 2.45) is 4.99 Å². The van der Waals surface area contributed by atoms with Crippen LogP contribution in [0.2, 0.25) is 0 Å². The highest BCUT2D eigenvalue weighted by Crippen LogP contribution is 2.10. The molecule has 0 aliphatic rings. The third kappa shape index (κ3) is 6.40. The number of rotatable bonds is 4. The molecule has 0 fully saturated rings. The Labute approximate surface area is 86.9 Å². The number of hydrogen-bond donors (Lipinski definition) is 1. The first-order chi connectivity index (χ1) is 6.76. The van der Waals surface area contributed by atoms with Crippen molar-refractivity contribution in [3.8, 4) is 0 Å². The molecule has 1 N–H and O–H groups in total. The topological polar surface area (TPSA) is 93.0 Å². The van der Waals surface area contributed by atoms with Gasteiger partial charge in [-0.1, -0.05) is 0 Å². The number of carboxylic acid groups (broad SMARTS) is 1. The Morgan fingerprint density at radius 1 is 1.47 bits per heavy atom. The second kappa shape index (κ2) is 5.26. The van der Waals surface area contributed by atoms with E-state index in [1.54, 1.807) is 20.8 Å². The van der Waals surface area contributed by atoms with Gasteiger partial charge in [0.15, 0.2) is 6.04 Å². The van der Waals surface area contributed by atoms with Crippen molar-refractivity contribution < 1.29 is 24.2 Å². The second-order valence-electron chi connectivity index (χ2n) is 3.86. The fourth-order valence-electron chi connectivity index (χ4n) is 0.793. The third-order valence-corrected chi connectivity index (χ3v) is 1.27. The second-order valence-corrected chi connectivity index (χ2v) is 3.86. The number of isocyanates is 1. The average molecular weight is 215 g/mol. The number of hydrogen-bond acceptors (Lipinski definition) is 5. The SMILES string of the molecule is CC(C)(C)OC(=O)C[C@H](N=C=O)C(=O)O. The van der Waals surface area contributed by atoms with Gasteiger partial charge >= 0.3 is 11.9 Å². The summed E-state index contributed by atoms with van der Waals surface area (Å²) in [6.45, 7) is 4.97. The van der Waals surface area contributed by atoms with Crippen molar-refractivity contribution in [2.45, 2.75) is 38.8 Å². The number of nitrogens with zero attached hydrogens (tertiary/aromatic N) is 1. The van der Waals surface area contributed by atoms with E-state index in [4.69, 9.17) is 9.84 Å². The van der Waals surface area contributed by atoms with Gasteiger partial charge in [0.1, 0.15) is 5.60 Å². The molecule has 0 rings (SSSR count). The number of ether oxygens (including phenoxy) is 1. The lowest BCUT2D eigenvalue weighted by molar-refractivity contribution is -0.157. The zero-order valence-corrected chi connectivity index (χ0v) is 8.81. The first-order valence-electron chi connectivity index (χ1n) is 4.28. The Balaban J connectivity index is 4.37. The quantitative estimate of drug-likeness (QED) is 0.419. The lowest BCUT2D eigenvalue weighted by Crippen LogP contribution is -2.28. The van der Waals surface area contributed by atoms with Crippen LogP contribution in [0, 0.1) is 0 Å². The summed E-state index contributed by atoms with van der Waals surface area (Å²) in [6, 6.07) is -1.42. The van der Waals surface area contributed by atoms with Gasteiger partial charge in [-0.25, -0.2) is 9.59 Å². The normalized spacial score (nSPS) is 12.5. The van der Waals surface area contributed by atoms with Crippen LogP contribution in [0.25, 0.3) is 0 Å². The van der Waals surface area contributed by atoms with Gasteiger partial charge in [0.2, 0.25) is 6.08 Å². The molecule has 1 atom stereocenters. The number of carbonyl (C=O) groups is 2. The van der Waals surface area contributed by atoms with Crippen LogP contribution in [0.4, 0.5) is 0 Å². The molecule has 0 bridgehead atoms. The number of carboxylic acids is 1. The Morgan fingerprint density at radius 2 is 2.00 bits per heavy atom. The van der Waals surface area contributed by atoms with E-state index in [9.17, 15) is 14.4 Å². The minimum Gasteiger partial charge on any atom is -0.480 e. The zero-order chi connectivity index (χ0) is 12.1. The Morgan fingerprint density at radius 3 is 2.33 bits per heavy atom. The fraction of sp³-hybridized carbons (Fsp3) is 0.667. The fourth-order valence-corrected chi connectivity index (χ4v) is 0.793. The smallest absolute Gasteiger partial charge is 0.329 e. The summed E-state index contributed by atoms with van der Waals surface area (Å²) in [5.41, 5.74) is -0.689. The summed E-state index contributed by atoms with van der Waals surface area (Å²) in [7, 11) is 0. The molecule has 0 aromatic rings. The van der Waals surface area contributed by atoms with Crippen LogP contribution >= 0.6 is 0 Å². The van der Waals surface area contributed by atoms with Gasteiger partial charge in [-0.3, -0.25) is 4.79 Å². The molecule has 0 aliphatic heterocycles. The molecule has 0 radical (unpaired) electrons. The van der Waals surface area contributed by atoms with Crippen LogP contribution in [-0.4, -0.2) is 34.8 Å². The van der Waals surface area contributed by atoms with Crippen LogP contribution in [0.5, 0.6) is 0 Å². The summed E-state index contributed by atoms with van der Waals surface area (Å²) in [4.78, 5) is 34.6. The molecule has 0 spiro atoms. The van der Waals surface area contributed by atoms with Crippen molar-refractivity contribution in [1.82, 2.24) is 0 Å². The van der Waals surface area contributed by atoms with Crippen molar-refractivity contribution in [1.29, 1.82) is 0 Å². The van der Waals surface area contributed by atoms with Gasteiger partial charge in [-0.15, -0.1) is 0 Å². The molecule has 0 unspecified atom stereocenters. The maximum atomic E-state index is 11.2. The average Bonchev–Trinajstić information content (AvgIpc) is 1.99. The number of esters is 1. The summed E-state index contributed by atoms with van der Waals surface area (Å²) < 4.78 is 4.87. The van der Waals surface area contributed by atoms with Crippen LogP contribution in [-0.2, 0) is 19.1 Å². The Kier molecular flexibility index (Phi) is 4.67. The van der Waals surface area contributed by atoms with Gasteiger partial charge in [-0.2, -0.15) is 4.99 Å². The van der Waals surface area contributed by atoms with Gasteiger partial charge in [0.05, 0.1) is 6.42 Å². The van der Waals surface area contributed by atoms with Gasteiger partial charge in [-0.05, 0) is 20.8 Å². The first-order valence-corrected chi connectivity index (χ1v) is 4.28. The molecular weight excluding hydrogens is 202 g/mol. The van der Waals surface area contributed by atoms with Crippen LogP contribution in [0.3, 0.4) is 0 Å². The first kappa shape index (κ1) is 13.3. The number of aliphatic imine (C=N–C) groups is 1. The van der Waals surface area contributed by atoms with Crippen LogP contribution in [0.15, 0.2) is 4.99 Å². The van der Waals surface area contributed by atoms with Gasteiger partial charge < -0.3 is 9.84 Å². The molecular formula is C9H13NO5. The zero-order valence-electron chi connectivity index (χ0n) is 8.81. The molecule has 0 aromatic carbocycles. The molecule has 84 valence electrons. The lowest BCUT2D eigenvalue weighted by Gasteiger charge is -2.19. The molecule has 0 saturated heterocycles. The number of carbonyl (C=O) groups excluding carboxylic acids is 2. The number of aliphatic carboxylic acids is 1. The van der Waals surface area contributed by atoms with E-state index < -0.39 is 30.0 Å². The monoisotopic (exact) mass is 215 g/mol. The summed E-state index contributed by atoms with van der Waals surface area (Å²) >= 11 is 0. The highest BCUT2D eigenvalue weighted by Gasteiger charge is 2.24. The van der Waals surface area contributed by atoms with Crippen molar-refractivity contribution >= 4 is 18.0 Å². The molecule has 0 heterocycles. The lowest BCUT2D eigenvalue weighted by atomic mass is 10.2. The predicted molar refractivity (Wildman–Crippen MR) is 50.0 cm³/mol. The summed E-state index contributed by atoms with van der Waals surface area (Å²) in [5.74, 6) is -2.07. The molecule has 6 heteroatoms. The van der Waals surface area contributed by atoms with E-state index in [2.05, 4.69) is 4.99 Å². The Bertz CT molecular complexity index is 296. The largest absolute Gasteiger partial charge is 0.480 e. The van der Waals surface area contributed by atoms with Crippen molar-refractivity contribution in [2.75, 3.05) is 0 Å². The highest BCUT2D eigenvalue weighted by atomic mass is 16.6. The van der Waals surface area contributed by atoms with Gasteiger partial charge in [0, 0.05) is 0 Å². The predicted octanol–water partition coefficient (Wildman–Crippen LogP) is 0.507. The van der Waals surface area contributed by atoms with E-state index in [1.807, 2.05) is 0 Å². The van der Waals surface area contributed by atoms with Gasteiger partial charge in [0.25, 0.3) is 0 Å². The van der Waals surface area contributed by atoms with E-state index in [-0.39, 0.29) is 0 Å². The van der Waals surface area contributed by atoms with Crippen molar-refractivity contribution in [3.05, 3.63) is 0 Å². The molecule has 0 saturated carbocycles. The van der Waals surface area contributed by atoms with E-state index in [0.717, 1.165) is 6.08 Å². The highest BCUT2D eigenvalue weighted by molar-refractivity contribution is 5.82. The minimum atomic E-state index is -1.42. The molecule has 0 aromatic heterocycles. The summed E-state index contributed by atoms with van der Waals surface area (Å²) in [5, 5.41) is 8.57. The molecule has 0 amide bonds. The van der Waals surface area contributed by atoms with Crippen molar-refractivity contribution in [3.63, 3.8) is 0 Å². The summed E-state index contributed by atoms with van der Waals surface area (Å²) in [6.07, 6.45) is 0.633.